The number of fused-ring (bicyclic) bond motifs is 3. The van der Waals surface area contributed by atoms with Crippen LogP contribution in [0.1, 0.15) is 46.8 Å². The summed E-state index contributed by atoms with van der Waals surface area (Å²) in [6.45, 7) is 5.35. The second-order valence-electron chi connectivity index (χ2n) is 8.60. The molecular weight excluding hydrogens is 444 g/mol. The number of ether oxygens (including phenoxy) is 1. The molecule has 0 radical (unpaired) electrons. The van der Waals surface area contributed by atoms with Crippen molar-refractivity contribution in [3.63, 3.8) is 0 Å². The summed E-state index contributed by atoms with van der Waals surface area (Å²) in [5, 5.41) is 12.1. The fourth-order valence-corrected chi connectivity index (χ4v) is 4.57. The van der Waals surface area contributed by atoms with Gasteiger partial charge in [-0.15, -0.1) is 0 Å². The van der Waals surface area contributed by atoms with Crippen LogP contribution in [0, 0.1) is 6.92 Å². The molecule has 0 aliphatic heterocycles. The molecule has 3 aromatic rings. The van der Waals surface area contributed by atoms with Gasteiger partial charge >= 0.3 is 12.1 Å². The highest BCUT2D eigenvalue weighted by molar-refractivity contribution is 6.04. The highest BCUT2D eigenvalue weighted by Crippen LogP contribution is 2.44. The lowest BCUT2D eigenvalue weighted by molar-refractivity contribution is -0.141. The third-order valence-electron chi connectivity index (χ3n) is 6.41. The third kappa shape index (κ3) is 4.75. The number of hydrogen-bond donors (Lipinski definition) is 2. The van der Waals surface area contributed by atoms with E-state index in [0.717, 1.165) is 27.8 Å². The highest BCUT2D eigenvalue weighted by atomic mass is 16.5. The number of carboxylic acids is 1. The van der Waals surface area contributed by atoms with Crippen LogP contribution in [0.2, 0.25) is 0 Å². The first-order chi connectivity index (χ1) is 16.8. The molecule has 0 saturated carbocycles. The highest BCUT2D eigenvalue weighted by Gasteiger charge is 2.30. The average Bonchev–Trinajstić information content (AvgIpc) is 3.17. The molecule has 0 spiro atoms. The minimum Gasteiger partial charge on any atom is -0.480 e. The van der Waals surface area contributed by atoms with Crippen molar-refractivity contribution < 1.29 is 24.2 Å². The number of carbonyl (C=O) groups excluding carboxylic acids is 2. The van der Waals surface area contributed by atoms with Crippen LogP contribution in [0.3, 0.4) is 0 Å². The number of rotatable bonds is 7. The molecule has 3 aromatic carbocycles. The van der Waals surface area contributed by atoms with E-state index in [0.29, 0.717) is 0 Å². The van der Waals surface area contributed by atoms with Crippen molar-refractivity contribution in [3.05, 3.63) is 89.0 Å². The van der Waals surface area contributed by atoms with E-state index >= 15 is 0 Å². The Bertz CT molecular complexity index is 1240. The summed E-state index contributed by atoms with van der Waals surface area (Å²) < 4.78 is 5.61. The summed E-state index contributed by atoms with van der Waals surface area (Å²) in [5.41, 5.74) is 5.78. The normalized spacial score (nSPS) is 12.9. The molecule has 0 saturated heterocycles. The standard InChI is InChI=1S/C28H28N2O5/c1-4-30(18(3)27(32)33)26(31)23-15-17(2)13-14-25(23)29-28(34)35-16-24-21-11-7-5-9-19(21)20-10-6-8-12-22(20)24/h5-15,18,24H,4,16H2,1-3H3,(H,29,34)(H,32,33). The number of anilines is 1. The van der Waals surface area contributed by atoms with Crippen LogP contribution in [-0.4, -0.2) is 47.2 Å². The van der Waals surface area contributed by atoms with Crippen molar-refractivity contribution >= 4 is 23.7 Å². The molecule has 1 aliphatic carbocycles. The Morgan fingerprint density at radius 3 is 2.17 bits per heavy atom. The smallest absolute Gasteiger partial charge is 0.411 e. The predicted octanol–water partition coefficient (Wildman–Crippen LogP) is 5.29. The molecule has 1 atom stereocenters. The van der Waals surface area contributed by atoms with E-state index in [9.17, 15) is 19.5 Å². The van der Waals surface area contributed by atoms with Crippen molar-refractivity contribution in [2.24, 2.45) is 0 Å². The molecule has 0 bridgehead atoms. The summed E-state index contributed by atoms with van der Waals surface area (Å²) >= 11 is 0. The van der Waals surface area contributed by atoms with E-state index in [1.807, 2.05) is 43.3 Å². The maximum Gasteiger partial charge on any atom is 0.411 e. The maximum atomic E-state index is 13.2. The molecule has 1 unspecified atom stereocenters. The van der Waals surface area contributed by atoms with Crippen molar-refractivity contribution in [3.8, 4) is 11.1 Å². The second-order valence-corrected chi connectivity index (χ2v) is 8.60. The van der Waals surface area contributed by atoms with Gasteiger partial charge in [0, 0.05) is 12.5 Å². The van der Waals surface area contributed by atoms with E-state index in [1.165, 1.54) is 11.8 Å². The lowest BCUT2D eigenvalue weighted by Gasteiger charge is -2.26. The number of nitrogens with zero attached hydrogens (tertiary/aromatic N) is 1. The van der Waals surface area contributed by atoms with Gasteiger partial charge in [-0.25, -0.2) is 9.59 Å². The molecule has 2 N–H and O–H groups in total. The maximum absolute atomic E-state index is 13.2. The van der Waals surface area contributed by atoms with E-state index in [4.69, 9.17) is 4.74 Å². The number of carboxylic acid groups (broad SMARTS) is 1. The van der Waals surface area contributed by atoms with Crippen LogP contribution >= 0.6 is 0 Å². The van der Waals surface area contributed by atoms with E-state index in [1.54, 1.807) is 25.1 Å². The Morgan fingerprint density at radius 2 is 1.60 bits per heavy atom. The summed E-state index contributed by atoms with van der Waals surface area (Å²) in [6, 6.07) is 20.2. The van der Waals surface area contributed by atoms with Crippen molar-refractivity contribution in [1.29, 1.82) is 0 Å². The lowest BCUT2D eigenvalue weighted by atomic mass is 9.98. The summed E-state index contributed by atoms with van der Waals surface area (Å²) in [6.07, 6.45) is -0.681. The minimum atomic E-state index is -1.10. The molecule has 4 rings (SSSR count). The van der Waals surface area contributed by atoms with Crippen LogP contribution in [0.25, 0.3) is 11.1 Å². The lowest BCUT2D eigenvalue weighted by Crippen LogP contribution is -2.43. The molecular formula is C28H28N2O5. The Labute approximate surface area is 204 Å². The Balaban J connectivity index is 1.52. The molecule has 7 heteroatoms. The molecule has 0 aromatic heterocycles. The number of nitrogens with one attached hydrogen (secondary N) is 1. The van der Waals surface area contributed by atoms with Gasteiger partial charge in [0.2, 0.25) is 0 Å². The third-order valence-corrected chi connectivity index (χ3v) is 6.41. The number of likely N-dealkylation sites (N-methyl/N-ethyl adjacent to an activating group) is 1. The van der Waals surface area contributed by atoms with E-state index in [2.05, 4.69) is 17.4 Å². The molecule has 0 heterocycles. The molecule has 1 aliphatic rings. The van der Waals surface area contributed by atoms with Gasteiger partial charge in [0.15, 0.2) is 0 Å². The first kappa shape index (κ1) is 24.0. The van der Waals surface area contributed by atoms with Gasteiger partial charge < -0.3 is 14.7 Å². The van der Waals surface area contributed by atoms with Gasteiger partial charge in [-0.3, -0.25) is 10.1 Å². The Morgan fingerprint density at radius 1 is 1.00 bits per heavy atom. The summed E-state index contributed by atoms with van der Waals surface area (Å²) in [5.74, 6) is -1.65. The minimum absolute atomic E-state index is 0.0840. The number of aliphatic carboxylic acids is 1. The van der Waals surface area contributed by atoms with Crippen LogP contribution in [0.5, 0.6) is 0 Å². The summed E-state index contributed by atoms with van der Waals surface area (Å²) in [7, 11) is 0. The SMILES string of the molecule is CCN(C(=O)c1cc(C)ccc1NC(=O)OCC1c2ccccc2-c2ccccc21)C(C)C(=O)O. The van der Waals surface area contributed by atoms with Gasteiger partial charge in [0.05, 0.1) is 11.3 Å². The molecule has 7 nitrogen and oxygen atoms in total. The first-order valence-electron chi connectivity index (χ1n) is 11.6. The number of benzene rings is 3. The van der Waals surface area contributed by atoms with Crippen LogP contribution in [0.4, 0.5) is 10.5 Å². The zero-order valence-electron chi connectivity index (χ0n) is 19.9. The molecule has 35 heavy (non-hydrogen) atoms. The zero-order valence-corrected chi connectivity index (χ0v) is 19.9. The van der Waals surface area contributed by atoms with Crippen molar-refractivity contribution in [2.75, 3.05) is 18.5 Å². The zero-order chi connectivity index (χ0) is 25.1. The number of hydrogen-bond acceptors (Lipinski definition) is 4. The molecule has 2 amide bonds. The summed E-state index contributed by atoms with van der Waals surface area (Å²) in [4.78, 5) is 38.7. The van der Waals surface area contributed by atoms with Gasteiger partial charge in [-0.1, -0.05) is 60.2 Å². The van der Waals surface area contributed by atoms with E-state index < -0.39 is 24.0 Å². The Hall–Kier alpha value is -4.13. The average molecular weight is 473 g/mol. The number of carbonyl (C=O) groups is 3. The van der Waals surface area contributed by atoms with Gasteiger partial charge in [0.25, 0.3) is 5.91 Å². The van der Waals surface area contributed by atoms with Crippen molar-refractivity contribution in [1.82, 2.24) is 4.90 Å². The van der Waals surface area contributed by atoms with Gasteiger partial charge in [-0.2, -0.15) is 0 Å². The monoisotopic (exact) mass is 472 g/mol. The van der Waals surface area contributed by atoms with Crippen LogP contribution in [0.15, 0.2) is 66.7 Å². The van der Waals surface area contributed by atoms with Gasteiger partial charge in [-0.05, 0) is 55.2 Å². The fraction of sp³-hybridized carbons (Fsp3) is 0.250. The van der Waals surface area contributed by atoms with Crippen molar-refractivity contribution in [2.45, 2.75) is 32.7 Å². The predicted molar refractivity (Wildman–Crippen MR) is 134 cm³/mol. The number of amides is 2. The largest absolute Gasteiger partial charge is 0.480 e. The van der Waals surface area contributed by atoms with Gasteiger partial charge in [0.1, 0.15) is 12.6 Å². The second kappa shape index (κ2) is 10.0. The number of aryl methyl sites for hydroxylation is 1. The quantitative estimate of drug-likeness (QED) is 0.487. The first-order valence-corrected chi connectivity index (χ1v) is 11.6. The molecule has 0 fully saturated rings. The van der Waals surface area contributed by atoms with E-state index in [-0.39, 0.29) is 30.3 Å². The topological polar surface area (TPSA) is 95.9 Å². The van der Waals surface area contributed by atoms with Crippen LogP contribution in [-0.2, 0) is 9.53 Å². The fourth-order valence-electron chi connectivity index (χ4n) is 4.57. The Kier molecular flexibility index (Phi) is 6.87. The van der Waals surface area contributed by atoms with Crippen LogP contribution < -0.4 is 5.32 Å². The molecule has 180 valence electrons.